The first-order chi connectivity index (χ1) is 11.0. The van der Waals surface area contributed by atoms with E-state index < -0.39 is 5.56 Å². The van der Waals surface area contributed by atoms with Crippen LogP contribution in [0.15, 0.2) is 4.79 Å². The SMILES string of the molecule is Cc1c(CN2CCC[C@H](C)C2)c(O)n(CCCO)c(=O)c1C#N. The first-order valence-electron chi connectivity index (χ1n) is 8.18. The molecule has 1 aromatic rings. The van der Waals surface area contributed by atoms with Crippen molar-refractivity contribution in [1.82, 2.24) is 9.47 Å². The monoisotopic (exact) mass is 319 g/mol. The number of aliphatic hydroxyl groups excluding tert-OH is 1. The van der Waals surface area contributed by atoms with Crippen LogP contribution in [0, 0.1) is 24.2 Å². The minimum absolute atomic E-state index is 0.0688. The summed E-state index contributed by atoms with van der Waals surface area (Å²) >= 11 is 0. The third kappa shape index (κ3) is 3.74. The summed E-state index contributed by atoms with van der Waals surface area (Å²) in [6.07, 6.45) is 2.69. The van der Waals surface area contributed by atoms with Crippen molar-refractivity contribution in [2.45, 2.75) is 46.2 Å². The number of likely N-dealkylation sites (tertiary alicyclic amines) is 1. The third-order valence-corrected chi connectivity index (χ3v) is 4.59. The Hall–Kier alpha value is -1.84. The molecule has 1 aromatic heterocycles. The van der Waals surface area contributed by atoms with Crippen LogP contribution in [0.2, 0.25) is 0 Å². The van der Waals surface area contributed by atoms with Crippen LogP contribution in [0.4, 0.5) is 0 Å². The smallest absolute Gasteiger partial charge is 0.271 e. The molecule has 1 atom stereocenters. The van der Waals surface area contributed by atoms with E-state index in [1.54, 1.807) is 6.92 Å². The quantitative estimate of drug-likeness (QED) is 0.855. The Kier molecular flexibility index (Phi) is 5.80. The lowest BCUT2D eigenvalue weighted by Gasteiger charge is -2.31. The molecule has 0 spiro atoms. The lowest BCUT2D eigenvalue weighted by atomic mass is 9.98. The van der Waals surface area contributed by atoms with E-state index in [-0.39, 0.29) is 24.6 Å². The Morgan fingerprint density at radius 1 is 1.43 bits per heavy atom. The molecule has 0 aromatic carbocycles. The molecule has 2 heterocycles. The highest BCUT2D eigenvalue weighted by atomic mass is 16.3. The van der Waals surface area contributed by atoms with Crippen molar-refractivity contribution in [3.63, 3.8) is 0 Å². The van der Waals surface area contributed by atoms with Crippen LogP contribution in [-0.2, 0) is 13.1 Å². The average Bonchev–Trinajstić information content (AvgIpc) is 2.52. The molecule has 6 heteroatoms. The van der Waals surface area contributed by atoms with E-state index in [0.29, 0.717) is 30.0 Å². The largest absolute Gasteiger partial charge is 0.494 e. The first-order valence-corrected chi connectivity index (χ1v) is 8.18. The second kappa shape index (κ2) is 7.62. The predicted octanol–water partition coefficient (Wildman–Crippen LogP) is 1.35. The molecule has 0 saturated carbocycles. The van der Waals surface area contributed by atoms with Crippen molar-refractivity contribution in [3.05, 3.63) is 27.0 Å². The zero-order valence-corrected chi connectivity index (χ0v) is 13.9. The number of piperidine rings is 1. The molecule has 126 valence electrons. The number of rotatable bonds is 5. The minimum atomic E-state index is -0.480. The fourth-order valence-electron chi connectivity index (χ4n) is 3.28. The van der Waals surface area contributed by atoms with Crippen LogP contribution < -0.4 is 5.56 Å². The second-order valence-corrected chi connectivity index (χ2v) is 6.43. The fourth-order valence-corrected chi connectivity index (χ4v) is 3.28. The van der Waals surface area contributed by atoms with E-state index in [9.17, 15) is 15.2 Å². The topological polar surface area (TPSA) is 89.5 Å². The molecule has 6 nitrogen and oxygen atoms in total. The van der Waals surface area contributed by atoms with E-state index >= 15 is 0 Å². The number of aliphatic hydroxyl groups is 1. The summed E-state index contributed by atoms with van der Waals surface area (Å²) in [7, 11) is 0. The van der Waals surface area contributed by atoms with Gasteiger partial charge in [0, 0.05) is 31.8 Å². The molecule has 2 N–H and O–H groups in total. The molecule has 1 aliphatic heterocycles. The molecule has 0 aliphatic carbocycles. The fraction of sp³-hybridized carbons (Fsp3) is 0.647. The van der Waals surface area contributed by atoms with Crippen LogP contribution in [0.1, 0.15) is 42.9 Å². The summed E-state index contributed by atoms with van der Waals surface area (Å²) in [5.74, 6) is 0.542. The molecule has 2 rings (SSSR count). The lowest BCUT2D eigenvalue weighted by molar-refractivity contribution is 0.173. The maximum atomic E-state index is 12.3. The number of nitrogens with zero attached hydrogens (tertiary/aromatic N) is 3. The van der Waals surface area contributed by atoms with Crippen molar-refractivity contribution in [2.24, 2.45) is 5.92 Å². The molecule has 23 heavy (non-hydrogen) atoms. The summed E-state index contributed by atoms with van der Waals surface area (Å²) in [4.78, 5) is 14.6. The van der Waals surface area contributed by atoms with Gasteiger partial charge in [-0.3, -0.25) is 14.3 Å². The Bertz CT molecular complexity index is 661. The van der Waals surface area contributed by atoms with Crippen LogP contribution in [-0.4, -0.2) is 39.4 Å². The first kappa shape index (κ1) is 17.5. The number of aromatic hydroxyl groups is 1. The summed E-state index contributed by atoms with van der Waals surface area (Å²) in [5, 5.41) is 28.8. The van der Waals surface area contributed by atoms with Gasteiger partial charge >= 0.3 is 0 Å². The van der Waals surface area contributed by atoms with E-state index in [1.807, 2.05) is 6.07 Å². The van der Waals surface area contributed by atoms with Gasteiger partial charge in [0.15, 0.2) is 5.88 Å². The maximum absolute atomic E-state index is 12.3. The van der Waals surface area contributed by atoms with Gasteiger partial charge < -0.3 is 10.2 Å². The Labute approximate surface area is 136 Å². The number of pyridine rings is 1. The van der Waals surface area contributed by atoms with Gasteiger partial charge in [-0.25, -0.2) is 0 Å². The number of hydrogen-bond donors (Lipinski definition) is 2. The molecule has 0 radical (unpaired) electrons. The van der Waals surface area contributed by atoms with Crippen molar-refractivity contribution in [1.29, 1.82) is 5.26 Å². The number of aromatic nitrogens is 1. The molecule has 0 unspecified atom stereocenters. The normalized spacial score (nSPS) is 18.8. The number of nitriles is 1. The predicted molar refractivity (Wildman–Crippen MR) is 87.2 cm³/mol. The molecule has 1 aliphatic rings. The lowest BCUT2D eigenvalue weighted by Crippen LogP contribution is -2.35. The molecule has 1 fully saturated rings. The van der Waals surface area contributed by atoms with Crippen molar-refractivity contribution >= 4 is 0 Å². The van der Waals surface area contributed by atoms with Crippen LogP contribution >= 0.6 is 0 Å². The van der Waals surface area contributed by atoms with Gasteiger partial charge in [-0.1, -0.05) is 6.92 Å². The van der Waals surface area contributed by atoms with E-state index in [0.717, 1.165) is 19.5 Å². The molecule has 0 amide bonds. The Morgan fingerprint density at radius 2 is 2.17 bits per heavy atom. The van der Waals surface area contributed by atoms with E-state index in [2.05, 4.69) is 11.8 Å². The zero-order chi connectivity index (χ0) is 17.0. The summed E-state index contributed by atoms with van der Waals surface area (Å²) in [6, 6.07) is 1.97. The van der Waals surface area contributed by atoms with Crippen molar-refractivity contribution in [2.75, 3.05) is 19.7 Å². The van der Waals surface area contributed by atoms with Gasteiger partial charge in [-0.15, -0.1) is 0 Å². The Morgan fingerprint density at radius 3 is 2.78 bits per heavy atom. The average molecular weight is 319 g/mol. The van der Waals surface area contributed by atoms with E-state index in [4.69, 9.17) is 5.11 Å². The summed E-state index contributed by atoms with van der Waals surface area (Å²) in [6.45, 7) is 6.52. The third-order valence-electron chi connectivity index (χ3n) is 4.59. The van der Waals surface area contributed by atoms with Crippen LogP contribution in [0.25, 0.3) is 0 Å². The highest BCUT2D eigenvalue weighted by Crippen LogP contribution is 2.26. The Balaban J connectivity index is 2.41. The molecular formula is C17H25N3O3. The number of hydrogen-bond acceptors (Lipinski definition) is 5. The molecule has 0 bridgehead atoms. The van der Waals surface area contributed by atoms with E-state index in [1.165, 1.54) is 11.0 Å². The molecule has 1 saturated heterocycles. The van der Waals surface area contributed by atoms with Crippen LogP contribution in [0.3, 0.4) is 0 Å². The van der Waals surface area contributed by atoms with Crippen LogP contribution in [0.5, 0.6) is 5.88 Å². The highest BCUT2D eigenvalue weighted by molar-refractivity contribution is 5.45. The summed E-state index contributed by atoms with van der Waals surface area (Å²) in [5.41, 5.74) is 0.814. The van der Waals surface area contributed by atoms with Gasteiger partial charge in [-0.2, -0.15) is 5.26 Å². The minimum Gasteiger partial charge on any atom is -0.494 e. The second-order valence-electron chi connectivity index (χ2n) is 6.43. The van der Waals surface area contributed by atoms with Gasteiger partial charge in [0.1, 0.15) is 11.6 Å². The van der Waals surface area contributed by atoms with Gasteiger partial charge in [0.05, 0.1) is 0 Å². The van der Waals surface area contributed by atoms with Crippen molar-refractivity contribution < 1.29 is 10.2 Å². The summed E-state index contributed by atoms with van der Waals surface area (Å²) < 4.78 is 1.21. The van der Waals surface area contributed by atoms with Gasteiger partial charge in [0.2, 0.25) is 0 Å². The van der Waals surface area contributed by atoms with Gasteiger partial charge in [0.25, 0.3) is 5.56 Å². The standard InChI is InChI=1S/C17H25N3O3/c1-12-5-3-6-19(10-12)11-15-13(2)14(9-18)16(22)20(17(15)23)7-4-8-21/h12,21,23H,3-8,10-11H2,1-2H3/t12-/m0/s1. The highest BCUT2D eigenvalue weighted by Gasteiger charge is 2.23. The molecular weight excluding hydrogens is 294 g/mol. The van der Waals surface area contributed by atoms with Gasteiger partial charge in [-0.05, 0) is 44.2 Å². The van der Waals surface area contributed by atoms with Crippen molar-refractivity contribution in [3.8, 4) is 11.9 Å². The maximum Gasteiger partial charge on any atom is 0.271 e. The zero-order valence-electron chi connectivity index (χ0n) is 13.9.